The van der Waals surface area contributed by atoms with Crippen molar-refractivity contribution in [3.63, 3.8) is 0 Å². The highest BCUT2D eigenvalue weighted by Gasteiger charge is 2.27. The van der Waals surface area contributed by atoms with Crippen LogP contribution in [0.1, 0.15) is 24.1 Å². The third-order valence-corrected chi connectivity index (χ3v) is 5.50. The van der Waals surface area contributed by atoms with Gasteiger partial charge in [0.25, 0.3) is 0 Å². The van der Waals surface area contributed by atoms with Gasteiger partial charge in [-0.15, -0.1) is 11.3 Å². The molecule has 0 spiro atoms. The quantitative estimate of drug-likeness (QED) is 0.872. The number of nitrogens with one attached hydrogen (secondary N) is 2. The summed E-state index contributed by atoms with van der Waals surface area (Å²) in [6.45, 7) is 5.48. The Labute approximate surface area is 136 Å². The first-order valence-electron chi connectivity index (χ1n) is 8.17. The summed E-state index contributed by atoms with van der Waals surface area (Å²) >= 11 is 1.67. The van der Waals surface area contributed by atoms with Crippen LogP contribution in [0.4, 0.5) is 4.79 Å². The van der Waals surface area contributed by atoms with Gasteiger partial charge >= 0.3 is 6.03 Å². The van der Waals surface area contributed by atoms with Gasteiger partial charge in [-0.3, -0.25) is 4.90 Å². The van der Waals surface area contributed by atoms with E-state index in [0.717, 1.165) is 32.8 Å². The summed E-state index contributed by atoms with van der Waals surface area (Å²) in [4.78, 5) is 15.5. The Kier molecular flexibility index (Phi) is 5.70. The first-order valence-corrected chi connectivity index (χ1v) is 9.05. The lowest BCUT2D eigenvalue weighted by molar-refractivity contribution is 0.110. The van der Waals surface area contributed by atoms with E-state index in [1.165, 1.54) is 24.1 Å². The molecule has 2 amide bonds. The molecule has 0 aromatic carbocycles. The molecule has 3 heterocycles. The van der Waals surface area contributed by atoms with Crippen LogP contribution in [0.25, 0.3) is 0 Å². The van der Waals surface area contributed by atoms with E-state index in [0.29, 0.717) is 18.5 Å². The van der Waals surface area contributed by atoms with Crippen molar-refractivity contribution in [1.29, 1.82) is 0 Å². The molecule has 0 unspecified atom stereocenters. The lowest BCUT2D eigenvalue weighted by atomic mass is 9.95. The topological polar surface area (TPSA) is 53.6 Å². The van der Waals surface area contributed by atoms with Crippen LogP contribution in [-0.2, 0) is 11.3 Å². The summed E-state index contributed by atoms with van der Waals surface area (Å²) in [6.07, 6.45) is 3.51. The fourth-order valence-corrected chi connectivity index (χ4v) is 3.86. The first-order chi connectivity index (χ1) is 10.8. The Balaban J connectivity index is 1.30. The van der Waals surface area contributed by atoms with E-state index in [4.69, 9.17) is 4.74 Å². The summed E-state index contributed by atoms with van der Waals surface area (Å²) in [5.41, 5.74) is 0. The summed E-state index contributed by atoms with van der Waals surface area (Å²) in [5, 5.41) is 7.95. The second-order valence-electron chi connectivity index (χ2n) is 6.14. The van der Waals surface area contributed by atoms with Crippen molar-refractivity contribution in [3.8, 4) is 0 Å². The average Bonchev–Trinajstić information content (AvgIpc) is 3.24. The van der Waals surface area contributed by atoms with Crippen molar-refractivity contribution in [1.82, 2.24) is 15.5 Å². The van der Waals surface area contributed by atoms with Crippen LogP contribution in [0.5, 0.6) is 0 Å². The largest absolute Gasteiger partial charge is 0.380 e. The van der Waals surface area contributed by atoms with E-state index in [2.05, 4.69) is 15.5 Å². The van der Waals surface area contributed by atoms with Crippen LogP contribution in [0, 0.1) is 5.92 Å². The van der Waals surface area contributed by atoms with Crippen molar-refractivity contribution >= 4 is 17.4 Å². The minimum atomic E-state index is -0.0555. The van der Waals surface area contributed by atoms with Gasteiger partial charge in [0.05, 0.1) is 13.2 Å². The first kappa shape index (κ1) is 15.8. The molecule has 2 aliphatic rings. The van der Waals surface area contributed by atoms with Gasteiger partial charge in [0, 0.05) is 24.1 Å². The van der Waals surface area contributed by atoms with Crippen molar-refractivity contribution in [2.24, 2.45) is 5.92 Å². The number of hydrogen-bond donors (Lipinski definition) is 2. The smallest absolute Gasteiger partial charge is 0.315 e. The molecule has 2 aliphatic heterocycles. The molecule has 2 fully saturated rings. The van der Waals surface area contributed by atoms with E-state index < -0.39 is 0 Å². The number of piperidine rings is 1. The molecule has 0 aliphatic carbocycles. The van der Waals surface area contributed by atoms with E-state index in [9.17, 15) is 4.79 Å². The Bertz CT molecular complexity index is 452. The zero-order valence-corrected chi connectivity index (χ0v) is 13.7. The third-order valence-electron chi connectivity index (χ3n) is 4.63. The number of amides is 2. The monoisotopic (exact) mass is 323 g/mol. The molecule has 1 atom stereocenters. The predicted molar refractivity (Wildman–Crippen MR) is 88.1 cm³/mol. The molecular formula is C16H25N3O2S. The van der Waals surface area contributed by atoms with Crippen LogP contribution >= 0.6 is 11.3 Å². The highest BCUT2D eigenvalue weighted by Crippen LogP contribution is 2.21. The van der Waals surface area contributed by atoms with Crippen molar-refractivity contribution in [2.75, 3.05) is 32.8 Å². The maximum Gasteiger partial charge on any atom is 0.315 e. The number of carbonyl (C=O) groups excluding carboxylic acids is 1. The van der Waals surface area contributed by atoms with Crippen molar-refractivity contribution in [2.45, 2.75) is 31.8 Å². The van der Waals surface area contributed by atoms with Gasteiger partial charge in [-0.05, 0) is 49.7 Å². The van der Waals surface area contributed by atoms with Crippen LogP contribution in [0.15, 0.2) is 17.5 Å². The molecule has 0 bridgehead atoms. The zero-order chi connectivity index (χ0) is 15.2. The Morgan fingerprint density at radius 2 is 2.18 bits per heavy atom. The lowest BCUT2D eigenvalue weighted by Crippen LogP contribution is -2.45. The number of carbonyl (C=O) groups is 1. The van der Waals surface area contributed by atoms with Crippen LogP contribution in [-0.4, -0.2) is 49.8 Å². The Hall–Kier alpha value is -1.11. The minimum Gasteiger partial charge on any atom is -0.380 e. The number of hydrogen-bond acceptors (Lipinski definition) is 4. The molecule has 122 valence electrons. The minimum absolute atomic E-state index is 0.0555. The van der Waals surface area contributed by atoms with Gasteiger partial charge in [-0.1, -0.05) is 6.07 Å². The Morgan fingerprint density at radius 1 is 1.32 bits per heavy atom. The van der Waals surface area contributed by atoms with Gasteiger partial charge < -0.3 is 15.4 Å². The second-order valence-corrected chi connectivity index (χ2v) is 7.17. The zero-order valence-electron chi connectivity index (χ0n) is 12.9. The SMILES string of the molecule is O=C(NCc1cccs1)NCC1CCN([C@@H]2CCOC2)CC1. The van der Waals surface area contributed by atoms with Gasteiger partial charge in [0.2, 0.25) is 0 Å². The lowest BCUT2D eigenvalue weighted by Gasteiger charge is -2.35. The van der Waals surface area contributed by atoms with Gasteiger partial charge in [0.1, 0.15) is 0 Å². The number of rotatable bonds is 5. The van der Waals surface area contributed by atoms with Gasteiger partial charge in [-0.25, -0.2) is 4.79 Å². The fraction of sp³-hybridized carbons (Fsp3) is 0.688. The molecule has 2 N–H and O–H groups in total. The summed E-state index contributed by atoms with van der Waals surface area (Å²) in [5.74, 6) is 0.603. The predicted octanol–water partition coefficient (Wildman–Crippen LogP) is 2.05. The number of thiophene rings is 1. The molecule has 2 saturated heterocycles. The number of ether oxygens (including phenoxy) is 1. The summed E-state index contributed by atoms with van der Waals surface area (Å²) in [7, 11) is 0. The molecule has 3 rings (SSSR count). The molecule has 0 radical (unpaired) electrons. The van der Waals surface area contributed by atoms with Crippen LogP contribution in [0.2, 0.25) is 0 Å². The summed E-state index contributed by atoms with van der Waals surface area (Å²) in [6, 6.07) is 4.61. The molecule has 6 heteroatoms. The normalized spacial score (nSPS) is 23.5. The molecule has 1 aromatic heterocycles. The third kappa shape index (κ3) is 4.44. The standard InChI is InChI=1S/C16H25N3O2S/c20-16(18-11-15-2-1-9-22-15)17-10-13-3-6-19(7-4-13)14-5-8-21-12-14/h1-2,9,13-14H,3-8,10-12H2,(H2,17,18,20)/t14-/m1/s1. The molecular weight excluding hydrogens is 298 g/mol. The fourth-order valence-electron chi connectivity index (χ4n) is 3.21. The van der Waals surface area contributed by atoms with Crippen molar-refractivity contribution in [3.05, 3.63) is 22.4 Å². The number of likely N-dealkylation sites (tertiary alicyclic amines) is 1. The number of nitrogens with zero attached hydrogens (tertiary/aromatic N) is 1. The van der Waals surface area contributed by atoms with E-state index in [1.54, 1.807) is 11.3 Å². The Morgan fingerprint density at radius 3 is 2.86 bits per heavy atom. The van der Waals surface area contributed by atoms with E-state index in [1.807, 2.05) is 17.5 Å². The maximum absolute atomic E-state index is 11.8. The highest BCUT2D eigenvalue weighted by molar-refractivity contribution is 7.09. The molecule has 1 aromatic rings. The van der Waals surface area contributed by atoms with Gasteiger partial charge in [-0.2, -0.15) is 0 Å². The van der Waals surface area contributed by atoms with E-state index >= 15 is 0 Å². The molecule has 22 heavy (non-hydrogen) atoms. The van der Waals surface area contributed by atoms with Crippen LogP contribution in [0.3, 0.4) is 0 Å². The van der Waals surface area contributed by atoms with Crippen molar-refractivity contribution < 1.29 is 9.53 Å². The molecule has 5 nitrogen and oxygen atoms in total. The van der Waals surface area contributed by atoms with E-state index in [-0.39, 0.29) is 6.03 Å². The second kappa shape index (κ2) is 7.94. The maximum atomic E-state index is 11.8. The number of urea groups is 1. The average molecular weight is 323 g/mol. The summed E-state index contributed by atoms with van der Waals surface area (Å²) < 4.78 is 5.47. The highest BCUT2D eigenvalue weighted by atomic mass is 32.1. The molecule has 0 saturated carbocycles. The van der Waals surface area contributed by atoms with Crippen LogP contribution < -0.4 is 10.6 Å². The van der Waals surface area contributed by atoms with Gasteiger partial charge in [0.15, 0.2) is 0 Å².